The van der Waals surface area contributed by atoms with Crippen LogP contribution in [0.25, 0.3) is 0 Å². The van der Waals surface area contributed by atoms with Crippen molar-refractivity contribution in [3.05, 3.63) is 66.2 Å². The van der Waals surface area contributed by atoms with Crippen LogP contribution in [0.4, 0.5) is 5.69 Å². The number of rotatable bonds is 7. The van der Waals surface area contributed by atoms with Crippen LogP contribution >= 0.6 is 0 Å². The molecule has 24 heavy (non-hydrogen) atoms. The summed E-state index contributed by atoms with van der Waals surface area (Å²) in [5.74, 6) is 1.18. The summed E-state index contributed by atoms with van der Waals surface area (Å²) in [7, 11) is 0. The number of aryl methyl sites for hydroxylation is 2. The van der Waals surface area contributed by atoms with Gasteiger partial charge in [-0.05, 0) is 44.5 Å². The summed E-state index contributed by atoms with van der Waals surface area (Å²) in [6.45, 7) is 9.75. The normalized spacial score (nSPS) is 11.5. The molecule has 1 atom stereocenters. The SMILES string of the molecule is C=CCOc1cccc(NC(=O)C(C)Oc2ccc(C)cc2C)c1. The molecule has 0 fully saturated rings. The first-order valence-corrected chi connectivity index (χ1v) is 7.88. The molecule has 2 rings (SSSR count). The fourth-order valence-electron chi connectivity index (χ4n) is 2.24. The van der Waals surface area contributed by atoms with Gasteiger partial charge in [0.1, 0.15) is 18.1 Å². The van der Waals surface area contributed by atoms with E-state index in [1.807, 2.05) is 50.2 Å². The third-order valence-electron chi connectivity index (χ3n) is 3.47. The number of anilines is 1. The van der Waals surface area contributed by atoms with Gasteiger partial charge < -0.3 is 14.8 Å². The van der Waals surface area contributed by atoms with Crippen molar-refractivity contribution in [3.8, 4) is 11.5 Å². The summed E-state index contributed by atoms with van der Waals surface area (Å²) in [6, 6.07) is 13.1. The molecule has 0 bridgehead atoms. The van der Waals surface area contributed by atoms with Gasteiger partial charge in [-0.15, -0.1) is 0 Å². The van der Waals surface area contributed by atoms with Gasteiger partial charge in [-0.25, -0.2) is 0 Å². The molecule has 4 heteroatoms. The van der Waals surface area contributed by atoms with Crippen molar-refractivity contribution < 1.29 is 14.3 Å². The van der Waals surface area contributed by atoms with Gasteiger partial charge in [0, 0.05) is 11.8 Å². The Kier molecular flexibility index (Phi) is 6.01. The zero-order chi connectivity index (χ0) is 17.5. The minimum absolute atomic E-state index is 0.212. The monoisotopic (exact) mass is 325 g/mol. The van der Waals surface area contributed by atoms with E-state index in [0.29, 0.717) is 23.8 Å². The molecule has 126 valence electrons. The van der Waals surface area contributed by atoms with Gasteiger partial charge in [0.05, 0.1) is 0 Å². The van der Waals surface area contributed by atoms with Gasteiger partial charge in [-0.1, -0.05) is 36.4 Å². The zero-order valence-corrected chi connectivity index (χ0v) is 14.3. The van der Waals surface area contributed by atoms with E-state index >= 15 is 0 Å². The molecule has 0 saturated carbocycles. The molecule has 0 aliphatic carbocycles. The minimum Gasteiger partial charge on any atom is -0.489 e. The van der Waals surface area contributed by atoms with E-state index in [1.54, 1.807) is 19.1 Å². The molecule has 0 aromatic heterocycles. The van der Waals surface area contributed by atoms with E-state index in [0.717, 1.165) is 11.1 Å². The number of benzene rings is 2. The Morgan fingerprint density at radius 2 is 2.04 bits per heavy atom. The maximum absolute atomic E-state index is 12.3. The summed E-state index contributed by atoms with van der Waals surface area (Å²) in [4.78, 5) is 12.3. The van der Waals surface area contributed by atoms with Crippen LogP contribution < -0.4 is 14.8 Å². The summed E-state index contributed by atoms with van der Waals surface area (Å²) in [5.41, 5.74) is 2.83. The lowest BCUT2D eigenvalue weighted by Gasteiger charge is -2.17. The Morgan fingerprint density at radius 1 is 1.25 bits per heavy atom. The average Bonchev–Trinajstić information content (AvgIpc) is 2.55. The smallest absolute Gasteiger partial charge is 0.265 e. The van der Waals surface area contributed by atoms with E-state index < -0.39 is 6.10 Å². The number of carbonyl (C=O) groups is 1. The van der Waals surface area contributed by atoms with E-state index in [2.05, 4.69) is 11.9 Å². The molecule has 0 saturated heterocycles. The number of amides is 1. The van der Waals surface area contributed by atoms with Crippen molar-refractivity contribution in [1.29, 1.82) is 0 Å². The van der Waals surface area contributed by atoms with Gasteiger partial charge >= 0.3 is 0 Å². The van der Waals surface area contributed by atoms with Crippen molar-refractivity contribution in [3.63, 3.8) is 0 Å². The molecular weight excluding hydrogens is 302 g/mol. The van der Waals surface area contributed by atoms with E-state index in [9.17, 15) is 4.79 Å². The van der Waals surface area contributed by atoms with Gasteiger partial charge in [0.25, 0.3) is 5.91 Å². The third-order valence-corrected chi connectivity index (χ3v) is 3.47. The molecule has 0 heterocycles. The molecule has 0 radical (unpaired) electrons. The highest BCUT2D eigenvalue weighted by atomic mass is 16.5. The highest BCUT2D eigenvalue weighted by Crippen LogP contribution is 2.21. The van der Waals surface area contributed by atoms with Crippen LogP contribution in [0.3, 0.4) is 0 Å². The maximum atomic E-state index is 12.3. The Morgan fingerprint density at radius 3 is 2.75 bits per heavy atom. The molecule has 4 nitrogen and oxygen atoms in total. The minimum atomic E-state index is -0.607. The summed E-state index contributed by atoms with van der Waals surface area (Å²) < 4.78 is 11.2. The number of hydrogen-bond donors (Lipinski definition) is 1. The van der Waals surface area contributed by atoms with Gasteiger partial charge in [0.2, 0.25) is 0 Å². The van der Waals surface area contributed by atoms with Crippen molar-refractivity contribution in [2.24, 2.45) is 0 Å². The second kappa shape index (κ2) is 8.20. The van der Waals surface area contributed by atoms with Crippen LogP contribution in [0.1, 0.15) is 18.1 Å². The molecule has 0 spiro atoms. The van der Waals surface area contributed by atoms with Crippen molar-refractivity contribution in [2.45, 2.75) is 26.9 Å². The first kappa shape index (κ1) is 17.6. The Hall–Kier alpha value is -2.75. The predicted molar refractivity (Wildman–Crippen MR) is 96.8 cm³/mol. The molecule has 1 amide bonds. The summed E-state index contributed by atoms with van der Waals surface area (Å²) >= 11 is 0. The average molecular weight is 325 g/mol. The molecular formula is C20H23NO3. The Labute approximate surface area is 143 Å². The Bertz CT molecular complexity index is 725. The van der Waals surface area contributed by atoms with Gasteiger partial charge in [0.15, 0.2) is 6.10 Å². The lowest BCUT2D eigenvalue weighted by atomic mass is 10.1. The van der Waals surface area contributed by atoms with Crippen molar-refractivity contribution in [2.75, 3.05) is 11.9 Å². The van der Waals surface area contributed by atoms with Crippen LogP contribution in [-0.2, 0) is 4.79 Å². The molecule has 0 aliphatic rings. The molecule has 0 aliphatic heterocycles. The molecule has 1 N–H and O–H groups in total. The fourth-order valence-corrected chi connectivity index (χ4v) is 2.24. The van der Waals surface area contributed by atoms with E-state index in [-0.39, 0.29) is 5.91 Å². The molecule has 2 aromatic carbocycles. The number of hydrogen-bond acceptors (Lipinski definition) is 3. The van der Waals surface area contributed by atoms with E-state index in [4.69, 9.17) is 9.47 Å². The topological polar surface area (TPSA) is 47.6 Å². The fraction of sp³-hybridized carbons (Fsp3) is 0.250. The summed E-state index contributed by atoms with van der Waals surface area (Å²) in [6.07, 6.45) is 1.06. The van der Waals surface area contributed by atoms with Crippen LogP contribution in [0.2, 0.25) is 0 Å². The first-order valence-electron chi connectivity index (χ1n) is 7.88. The second-order valence-electron chi connectivity index (χ2n) is 5.65. The van der Waals surface area contributed by atoms with Crippen molar-refractivity contribution >= 4 is 11.6 Å². The zero-order valence-electron chi connectivity index (χ0n) is 14.3. The van der Waals surface area contributed by atoms with Crippen LogP contribution in [0.5, 0.6) is 11.5 Å². The largest absolute Gasteiger partial charge is 0.489 e. The molecule has 1 unspecified atom stereocenters. The lowest BCUT2D eigenvalue weighted by Crippen LogP contribution is -2.30. The van der Waals surface area contributed by atoms with Crippen LogP contribution in [-0.4, -0.2) is 18.6 Å². The summed E-state index contributed by atoms with van der Waals surface area (Å²) in [5, 5.41) is 2.84. The van der Waals surface area contributed by atoms with Crippen LogP contribution in [0.15, 0.2) is 55.1 Å². The van der Waals surface area contributed by atoms with Crippen LogP contribution in [0, 0.1) is 13.8 Å². The number of carbonyl (C=O) groups excluding carboxylic acids is 1. The van der Waals surface area contributed by atoms with Crippen molar-refractivity contribution in [1.82, 2.24) is 0 Å². The first-order chi connectivity index (χ1) is 11.5. The number of ether oxygens (including phenoxy) is 2. The van der Waals surface area contributed by atoms with E-state index in [1.165, 1.54) is 0 Å². The molecule has 2 aromatic rings. The van der Waals surface area contributed by atoms with Gasteiger partial charge in [-0.2, -0.15) is 0 Å². The predicted octanol–water partition coefficient (Wildman–Crippen LogP) is 4.27. The highest BCUT2D eigenvalue weighted by Gasteiger charge is 2.16. The highest BCUT2D eigenvalue weighted by molar-refractivity contribution is 5.94. The standard InChI is InChI=1S/C20H23NO3/c1-5-11-23-18-8-6-7-17(13-18)21-20(22)16(4)24-19-10-9-14(2)12-15(19)3/h5-10,12-13,16H,1,11H2,2-4H3,(H,21,22). The second-order valence-corrected chi connectivity index (χ2v) is 5.65. The maximum Gasteiger partial charge on any atom is 0.265 e. The Balaban J connectivity index is 1.99. The lowest BCUT2D eigenvalue weighted by molar-refractivity contribution is -0.122. The number of nitrogens with one attached hydrogen (secondary N) is 1. The third kappa shape index (κ3) is 4.88. The van der Waals surface area contributed by atoms with Gasteiger partial charge in [-0.3, -0.25) is 4.79 Å². The quantitative estimate of drug-likeness (QED) is 0.773.